The van der Waals surface area contributed by atoms with E-state index in [1.165, 1.54) is 11.3 Å². The highest BCUT2D eigenvalue weighted by Crippen LogP contribution is 2.45. The first-order valence-corrected chi connectivity index (χ1v) is 10.4. The molecule has 3 rings (SSSR count). The van der Waals surface area contributed by atoms with E-state index in [0.29, 0.717) is 6.04 Å². The molecular formula is C18H27BrN2O2S. The van der Waals surface area contributed by atoms with E-state index in [9.17, 15) is 4.79 Å². The number of ether oxygens (including phenoxy) is 1. The van der Waals surface area contributed by atoms with E-state index >= 15 is 0 Å². The van der Waals surface area contributed by atoms with Gasteiger partial charge in [-0.1, -0.05) is 0 Å². The van der Waals surface area contributed by atoms with Gasteiger partial charge in [0.2, 0.25) is 0 Å². The molecule has 1 N–H and O–H groups in total. The number of rotatable bonds is 3. The van der Waals surface area contributed by atoms with Crippen LogP contribution in [0.5, 0.6) is 0 Å². The number of nitrogens with zero attached hydrogens (tertiary/aromatic N) is 1. The molecule has 134 valence electrons. The van der Waals surface area contributed by atoms with E-state index in [-0.39, 0.29) is 11.6 Å². The second-order valence-corrected chi connectivity index (χ2v) is 9.92. The van der Waals surface area contributed by atoms with Crippen molar-refractivity contribution in [3.63, 3.8) is 0 Å². The van der Waals surface area contributed by atoms with Crippen LogP contribution in [0.3, 0.4) is 0 Å². The van der Waals surface area contributed by atoms with Gasteiger partial charge in [-0.25, -0.2) is 4.79 Å². The summed E-state index contributed by atoms with van der Waals surface area (Å²) in [5.41, 5.74) is -0.405. The van der Waals surface area contributed by atoms with E-state index in [4.69, 9.17) is 4.74 Å². The Morgan fingerprint density at radius 3 is 2.79 bits per heavy atom. The lowest BCUT2D eigenvalue weighted by Crippen LogP contribution is -2.63. The zero-order chi connectivity index (χ0) is 17.4. The molecule has 4 nitrogen and oxygen atoms in total. The third-order valence-electron chi connectivity index (χ3n) is 4.98. The highest BCUT2D eigenvalue weighted by atomic mass is 79.9. The Morgan fingerprint density at radius 1 is 1.50 bits per heavy atom. The third-order valence-corrected chi connectivity index (χ3v) is 6.68. The highest BCUT2D eigenvalue weighted by Gasteiger charge is 2.49. The summed E-state index contributed by atoms with van der Waals surface area (Å²) in [6, 6.07) is 2.65. The Balaban J connectivity index is 1.59. The average Bonchev–Trinajstić information content (AvgIpc) is 2.87. The first-order valence-electron chi connectivity index (χ1n) is 8.74. The van der Waals surface area contributed by atoms with E-state index < -0.39 is 5.60 Å². The number of hydrogen-bond acceptors (Lipinski definition) is 4. The summed E-state index contributed by atoms with van der Waals surface area (Å²) in [5, 5.41) is 5.81. The van der Waals surface area contributed by atoms with E-state index in [1.807, 2.05) is 25.7 Å². The summed E-state index contributed by atoms with van der Waals surface area (Å²) in [4.78, 5) is 16.0. The first kappa shape index (κ1) is 18.2. The molecule has 1 saturated carbocycles. The van der Waals surface area contributed by atoms with Crippen molar-refractivity contribution in [2.24, 2.45) is 0 Å². The van der Waals surface area contributed by atoms with Crippen LogP contribution < -0.4 is 5.32 Å². The number of nitrogens with one attached hydrogen (secondary N) is 1. The van der Waals surface area contributed by atoms with Crippen LogP contribution in [-0.4, -0.2) is 34.7 Å². The monoisotopic (exact) mass is 414 g/mol. The molecule has 0 aromatic carbocycles. The summed E-state index contributed by atoms with van der Waals surface area (Å²) >= 11 is 5.28. The van der Waals surface area contributed by atoms with Crippen molar-refractivity contribution in [2.45, 2.75) is 76.6 Å². The zero-order valence-corrected chi connectivity index (χ0v) is 17.1. The number of carbonyl (C=O) groups is 1. The summed E-state index contributed by atoms with van der Waals surface area (Å²) in [6.45, 7) is 7.51. The van der Waals surface area contributed by atoms with Crippen molar-refractivity contribution in [3.05, 3.63) is 20.8 Å². The fourth-order valence-electron chi connectivity index (χ4n) is 3.72. The van der Waals surface area contributed by atoms with Crippen molar-refractivity contribution in [1.82, 2.24) is 10.2 Å². The molecule has 6 heteroatoms. The lowest BCUT2D eigenvalue weighted by Gasteiger charge is -2.54. The molecule has 1 atom stereocenters. The number of amides is 1. The SMILES string of the molecule is CC(C)(C)OC(=O)N1CCC(NCc2cc(Br)cs2)CC12CCC2. The van der Waals surface area contributed by atoms with Gasteiger partial charge in [0.15, 0.2) is 0 Å². The van der Waals surface area contributed by atoms with Gasteiger partial charge in [0.25, 0.3) is 0 Å². The minimum atomic E-state index is -0.427. The Labute approximate surface area is 157 Å². The Bertz CT molecular complexity index is 592. The van der Waals surface area contributed by atoms with E-state index in [0.717, 1.165) is 43.2 Å². The fourth-order valence-corrected chi connectivity index (χ4v) is 5.12. The Hall–Kier alpha value is -0.590. The second kappa shape index (κ2) is 6.96. The van der Waals surface area contributed by atoms with Crippen molar-refractivity contribution in [2.75, 3.05) is 6.54 Å². The maximum atomic E-state index is 12.6. The molecule has 1 aliphatic carbocycles. The Morgan fingerprint density at radius 2 is 2.25 bits per heavy atom. The summed E-state index contributed by atoms with van der Waals surface area (Å²) in [7, 11) is 0. The van der Waals surface area contributed by atoms with Gasteiger partial charge in [-0.05, 0) is 74.9 Å². The first-order chi connectivity index (χ1) is 11.3. The number of carbonyl (C=O) groups excluding carboxylic acids is 1. The van der Waals surface area contributed by atoms with Crippen LogP contribution >= 0.6 is 27.3 Å². The van der Waals surface area contributed by atoms with Crippen LogP contribution in [-0.2, 0) is 11.3 Å². The van der Waals surface area contributed by atoms with Gasteiger partial charge in [-0.15, -0.1) is 11.3 Å². The predicted molar refractivity (Wildman–Crippen MR) is 101 cm³/mol. The van der Waals surface area contributed by atoms with Crippen LogP contribution in [0, 0.1) is 0 Å². The summed E-state index contributed by atoms with van der Waals surface area (Å²) < 4.78 is 6.79. The molecule has 2 aliphatic rings. The zero-order valence-electron chi connectivity index (χ0n) is 14.7. The number of hydrogen-bond donors (Lipinski definition) is 1. The predicted octanol–water partition coefficient (Wildman–Crippen LogP) is 4.92. The Kier molecular flexibility index (Phi) is 5.28. The van der Waals surface area contributed by atoms with Crippen LogP contribution in [0.15, 0.2) is 15.9 Å². The van der Waals surface area contributed by atoms with Gasteiger partial charge in [-0.3, -0.25) is 0 Å². The molecule has 1 aliphatic heterocycles. The lowest BCUT2D eigenvalue weighted by molar-refractivity contribution is -0.0494. The van der Waals surface area contributed by atoms with Crippen molar-refractivity contribution < 1.29 is 9.53 Å². The van der Waals surface area contributed by atoms with Gasteiger partial charge in [0.1, 0.15) is 5.60 Å². The van der Waals surface area contributed by atoms with Crippen LogP contribution in [0.25, 0.3) is 0 Å². The largest absolute Gasteiger partial charge is 0.444 e. The molecule has 2 fully saturated rings. The maximum Gasteiger partial charge on any atom is 0.410 e. The average molecular weight is 415 g/mol. The van der Waals surface area contributed by atoms with Crippen LogP contribution in [0.2, 0.25) is 0 Å². The van der Waals surface area contributed by atoms with Gasteiger partial charge < -0.3 is 15.0 Å². The summed E-state index contributed by atoms with van der Waals surface area (Å²) in [6.07, 6.45) is 5.32. The number of halogens is 1. The molecule has 0 bridgehead atoms. The van der Waals surface area contributed by atoms with Crippen molar-refractivity contribution in [1.29, 1.82) is 0 Å². The number of thiophene rings is 1. The minimum absolute atomic E-state index is 0.0221. The number of likely N-dealkylation sites (tertiary alicyclic amines) is 1. The van der Waals surface area contributed by atoms with Gasteiger partial charge in [0, 0.05) is 39.4 Å². The molecule has 2 heterocycles. The highest BCUT2D eigenvalue weighted by molar-refractivity contribution is 9.10. The van der Waals surface area contributed by atoms with Crippen LogP contribution in [0.1, 0.15) is 57.8 Å². The molecule has 1 aromatic rings. The van der Waals surface area contributed by atoms with Gasteiger partial charge >= 0.3 is 6.09 Å². The van der Waals surface area contributed by atoms with Crippen molar-refractivity contribution >= 4 is 33.4 Å². The molecule has 24 heavy (non-hydrogen) atoms. The standard InChI is InChI=1S/C18H27BrN2O2S/c1-17(2,3)23-16(22)21-8-5-14(10-18(21)6-4-7-18)20-11-15-9-13(19)12-24-15/h9,12,14,20H,4-8,10-11H2,1-3H3. The lowest BCUT2D eigenvalue weighted by atomic mass is 9.69. The molecule has 1 spiro atoms. The maximum absolute atomic E-state index is 12.6. The fraction of sp³-hybridized carbons (Fsp3) is 0.722. The third kappa shape index (κ3) is 4.14. The molecule has 1 aromatic heterocycles. The van der Waals surface area contributed by atoms with E-state index in [1.54, 1.807) is 11.3 Å². The molecule has 1 unspecified atom stereocenters. The van der Waals surface area contributed by atoms with Crippen molar-refractivity contribution in [3.8, 4) is 0 Å². The topological polar surface area (TPSA) is 41.6 Å². The molecule has 0 radical (unpaired) electrons. The number of piperidine rings is 1. The van der Waals surface area contributed by atoms with Crippen LogP contribution in [0.4, 0.5) is 4.79 Å². The van der Waals surface area contributed by atoms with Gasteiger partial charge in [-0.2, -0.15) is 0 Å². The molecule has 1 amide bonds. The van der Waals surface area contributed by atoms with E-state index in [2.05, 4.69) is 32.7 Å². The second-order valence-electron chi connectivity index (χ2n) is 8.01. The molecule has 1 saturated heterocycles. The summed E-state index contributed by atoms with van der Waals surface area (Å²) in [5.74, 6) is 0. The van der Waals surface area contributed by atoms with Gasteiger partial charge in [0.05, 0.1) is 0 Å². The minimum Gasteiger partial charge on any atom is -0.444 e. The smallest absolute Gasteiger partial charge is 0.410 e. The molecular weight excluding hydrogens is 388 g/mol. The quantitative estimate of drug-likeness (QED) is 0.762. The normalized spacial score (nSPS) is 23.2.